The molecule has 2 rings (SSSR count). The van der Waals surface area contributed by atoms with Gasteiger partial charge in [0.25, 0.3) is 0 Å². The van der Waals surface area contributed by atoms with Crippen LogP contribution in [0.1, 0.15) is 0 Å². The summed E-state index contributed by atoms with van der Waals surface area (Å²) >= 11 is 0. The molecule has 1 aliphatic carbocycles. The number of ether oxygens (including phenoxy) is 1. The average molecular weight is 218 g/mol. The van der Waals surface area contributed by atoms with Crippen LogP contribution in [0.5, 0.6) is 0 Å². The standard InChI is InChI=1S/C9H18N2O4/c1-11(2)9-10-5-7(14)6(13)4(3-12)8(5)15-9/h4-10,12-14H,3H2,1-2H3/t4-,5-,6-,7-,8+,9+/m1/s1. The molecule has 2 fully saturated rings. The molecule has 0 amide bonds. The Morgan fingerprint density at radius 3 is 2.47 bits per heavy atom. The van der Waals surface area contributed by atoms with Gasteiger partial charge in [-0.3, -0.25) is 10.2 Å². The van der Waals surface area contributed by atoms with Crippen LogP contribution in [-0.4, -0.2) is 71.6 Å². The fourth-order valence-electron chi connectivity index (χ4n) is 2.34. The van der Waals surface area contributed by atoms with Crippen molar-refractivity contribution < 1.29 is 20.1 Å². The Labute approximate surface area is 88.5 Å². The molecule has 6 nitrogen and oxygen atoms in total. The molecule has 2 aliphatic rings. The van der Waals surface area contributed by atoms with E-state index in [4.69, 9.17) is 9.84 Å². The van der Waals surface area contributed by atoms with Crippen LogP contribution in [0.4, 0.5) is 0 Å². The molecule has 0 radical (unpaired) electrons. The minimum absolute atomic E-state index is 0.179. The van der Waals surface area contributed by atoms with E-state index in [9.17, 15) is 10.2 Å². The Bertz CT molecular complexity index is 238. The summed E-state index contributed by atoms with van der Waals surface area (Å²) in [6.07, 6.45) is -2.39. The normalized spacial score (nSPS) is 50.0. The van der Waals surface area contributed by atoms with Gasteiger partial charge in [-0.25, -0.2) is 0 Å². The quantitative estimate of drug-likeness (QED) is 0.411. The van der Waals surface area contributed by atoms with Crippen molar-refractivity contribution in [2.75, 3.05) is 20.7 Å². The number of aliphatic hydroxyl groups excluding tert-OH is 3. The minimum atomic E-state index is -0.916. The van der Waals surface area contributed by atoms with Crippen molar-refractivity contribution in [3.05, 3.63) is 0 Å². The van der Waals surface area contributed by atoms with Gasteiger partial charge in [-0.05, 0) is 14.1 Å². The van der Waals surface area contributed by atoms with Crippen LogP contribution < -0.4 is 5.32 Å². The van der Waals surface area contributed by atoms with Crippen LogP contribution in [0.2, 0.25) is 0 Å². The Morgan fingerprint density at radius 2 is 1.93 bits per heavy atom. The predicted molar refractivity (Wildman–Crippen MR) is 51.9 cm³/mol. The molecule has 1 saturated carbocycles. The van der Waals surface area contributed by atoms with Crippen molar-refractivity contribution in [2.24, 2.45) is 5.92 Å². The van der Waals surface area contributed by atoms with Crippen LogP contribution in [0.15, 0.2) is 0 Å². The summed E-state index contributed by atoms with van der Waals surface area (Å²) in [6.45, 7) is -0.179. The second-order valence-electron chi connectivity index (χ2n) is 4.44. The highest BCUT2D eigenvalue weighted by Gasteiger charge is 2.54. The van der Waals surface area contributed by atoms with Crippen LogP contribution in [0.3, 0.4) is 0 Å². The third kappa shape index (κ3) is 1.67. The number of rotatable bonds is 2. The van der Waals surface area contributed by atoms with E-state index in [1.807, 2.05) is 19.0 Å². The highest BCUT2D eigenvalue weighted by molar-refractivity contribution is 5.05. The van der Waals surface area contributed by atoms with Gasteiger partial charge in [-0.1, -0.05) is 0 Å². The second-order valence-corrected chi connectivity index (χ2v) is 4.44. The third-order valence-corrected chi connectivity index (χ3v) is 3.23. The Kier molecular flexibility index (Phi) is 2.98. The molecule has 0 bridgehead atoms. The van der Waals surface area contributed by atoms with Gasteiger partial charge in [0.1, 0.15) is 0 Å². The third-order valence-electron chi connectivity index (χ3n) is 3.23. The number of fused-ring (bicyclic) bond motifs is 1. The Hall–Kier alpha value is -0.240. The molecule has 1 heterocycles. The average Bonchev–Trinajstić information content (AvgIpc) is 2.69. The van der Waals surface area contributed by atoms with Gasteiger partial charge < -0.3 is 20.1 Å². The highest BCUT2D eigenvalue weighted by Crippen LogP contribution is 2.34. The van der Waals surface area contributed by atoms with Crippen molar-refractivity contribution in [1.29, 1.82) is 0 Å². The van der Waals surface area contributed by atoms with Crippen LogP contribution in [0.25, 0.3) is 0 Å². The van der Waals surface area contributed by atoms with E-state index in [1.54, 1.807) is 0 Å². The lowest BCUT2D eigenvalue weighted by molar-refractivity contribution is -0.0864. The van der Waals surface area contributed by atoms with E-state index in [0.717, 1.165) is 0 Å². The van der Waals surface area contributed by atoms with E-state index < -0.39 is 18.1 Å². The summed E-state index contributed by atoms with van der Waals surface area (Å²) in [4.78, 5) is 1.84. The summed E-state index contributed by atoms with van der Waals surface area (Å²) in [5, 5.41) is 31.6. The van der Waals surface area contributed by atoms with E-state index in [2.05, 4.69) is 5.32 Å². The lowest BCUT2D eigenvalue weighted by Crippen LogP contribution is -2.46. The van der Waals surface area contributed by atoms with E-state index in [0.29, 0.717) is 0 Å². The van der Waals surface area contributed by atoms with E-state index in [1.165, 1.54) is 0 Å². The lowest BCUT2D eigenvalue weighted by atomic mass is 10.1. The summed E-state index contributed by atoms with van der Waals surface area (Å²) < 4.78 is 5.63. The van der Waals surface area contributed by atoms with Crippen molar-refractivity contribution in [1.82, 2.24) is 10.2 Å². The van der Waals surface area contributed by atoms with Gasteiger partial charge in [0, 0.05) is 5.92 Å². The first kappa shape index (κ1) is 11.3. The molecule has 1 saturated heterocycles. The lowest BCUT2D eigenvalue weighted by Gasteiger charge is -2.24. The summed E-state index contributed by atoms with van der Waals surface area (Å²) in [5.41, 5.74) is 0. The first-order valence-corrected chi connectivity index (χ1v) is 5.11. The zero-order chi connectivity index (χ0) is 11.2. The summed E-state index contributed by atoms with van der Waals surface area (Å²) in [5.74, 6) is -0.414. The van der Waals surface area contributed by atoms with Gasteiger partial charge in [-0.2, -0.15) is 0 Å². The molecule has 0 unspecified atom stereocenters. The van der Waals surface area contributed by atoms with Gasteiger partial charge in [0.05, 0.1) is 31.0 Å². The smallest absolute Gasteiger partial charge is 0.166 e. The summed E-state index contributed by atoms with van der Waals surface area (Å²) in [7, 11) is 3.71. The Morgan fingerprint density at radius 1 is 1.27 bits per heavy atom. The van der Waals surface area contributed by atoms with E-state index in [-0.39, 0.29) is 25.1 Å². The number of hydrogen-bond donors (Lipinski definition) is 4. The fraction of sp³-hybridized carbons (Fsp3) is 1.00. The molecule has 0 aromatic rings. The van der Waals surface area contributed by atoms with Gasteiger partial charge >= 0.3 is 0 Å². The maximum atomic E-state index is 9.75. The first-order valence-electron chi connectivity index (χ1n) is 5.11. The topological polar surface area (TPSA) is 85.2 Å². The maximum absolute atomic E-state index is 9.75. The summed E-state index contributed by atoms with van der Waals surface area (Å²) in [6, 6.07) is -0.301. The van der Waals surface area contributed by atoms with Crippen molar-refractivity contribution >= 4 is 0 Å². The molecule has 6 heteroatoms. The Balaban J connectivity index is 2.10. The zero-order valence-corrected chi connectivity index (χ0v) is 8.87. The zero-order valence-electron chi connectivity index (χ0n) is 8.87. The first-order chi connectivity index (χ1) is 7.06. The predicted octanol–water partition coefficient (Wildman–Crippen LogP) is -2.47. The van der Waals surface area contributed by atoms with Crippen molar-refractivity contribution in [2.45, 2.75) is 30.7 Å². The van der Waals surface area contributed by atoms with Gasteiger partial charge in [-0.15, -0.1) is 0 Å². The number of hydrogen-bond acceptors (Lipinski definition) is 6. The number of aliphatic hydroxyl groups is 3. The SMILES string of the molecule is CN(C)[C@@H]1N[C@@H]2[C@@H](O)[C@H](O)[C@@H](CO)[C@@H]2O1. The van der Waals surface area contributed by atoms with Crippen LogP contribution in [-0.2, 0) is 4.74 Å². The highest BCUT2D eigenvalue weighted by atomic mass is 16.5. The molecule has 1 aliphatic heterocycles. The van der Waals surface area contributed by atoms with Gasteiger partial charge in [0.15, 0.2) is 6.35 Å². The van der Waals surface area contributed by atoms with Crippen LogP contribution in [0, 0.1) is 5.92 Å². The largest absolute Gasteiger partial charge is 0.396 e. The van der Waals surface area contributed by atoms with E-state index >= 15 is 0 Å². The molecule has 0 spiro atoms. The molecule has 4 N–H and O–H groups in total. The molecular formula is C9H18N2O4. The van der Waals surface area contributed by atoms with Crippen LogP contribution >= 0.6 is 0 Å². The number of nitrogens with zero attached hydrogens (tertiary/aromatic N) is 1. The number of nitrogens with one attached hydrogen (secondary N) is 1. The molecular weight excluding hydrogens is 200 g/mol. The van der Waals surface area contributed by atoms with Crippen molar-refractivity contribution in [3.8, 4) is 0 Å². The fourth-order valence-corrected chi connectivity index (χ4v) is 2.34. The second kappa shape index (κ2) is 3.97. The van der Waals surface area contributed by atoms with Crippen molar-refractivity contribution in [3.63, 3.8) is 0 Å². The molecule has 0 aromatic carbocycles. The monoisotopic (exact) mass is 218 g/mol. The minimum Gasteiger partial charge on any atom is -0.396 e. The molecule has 15 heavy (non-hydrogen) atoms. The molecule has 6 atom stereocenters. The maximum Gasteiger partial charge on any atom is 0.166 e. The van der Waals surface area contributed by atoms with Gasteiger partial charge in [0.2, 0.25) is 0 Å². The molecule has 88 valence electrons. The molecule has 0 aromatic heterocycles.